The second-order valence-corrected chi connectivity index (χ2v) is 6.21. The zero-order valence-electron chi connectivity index (χ0n) is 11.7. The molecule has 2 aromatic rings. The Morgan fingerprint density at radius 3 is 2.05 bits per heavy atom. The molecule has 0 amide bonds. The van der Waals surface area contributed by atoms with Gasteiger partial charge in [-0.15, -0.1) is 12.4 Å². The van der Waals surface area contributed by atoms with Crippen LogP contribution >= 0.6 is 24.2 Å². The van der Waals surface area contributed by atoms with E-state index in [-0.39, 0.29) is 12.4 Å². The lowest BCUT2D eigenvalue weighted by molar-refractivity contribution is 0.730. The van der Waals surface area contributed by atoms with Crippen LogP contribution in [0.5, 0.6) is 0 Å². The number of anilines is 2. The molecule has 0 unspecified atom stereocenters. The summed E-state index contributed by atoms with van der Waals surface area (Å²) in [6, 6.07) is 17.3. The maximum atomic E-state index is 4.78. The molecule has 2 aliphatic rings. The van der Waals surface area contributed by atoms with E-state index in [2.05, 4.69) is 53.4 Å². The molecule has 0 fully saturated rings. The summed E-state index contributed by atoms with van der Waals surface area (Å²) in [7, 11) is 0. The van der Waals surface area contributed by atoms with Crippen molar-refractivity contribution in [3.8, 4) is 0 Å². The van der Waals surface area contributed by atoms with Crippen LogP contribution in [0.2, 0.25) is 0 Å². The second kappa shape index (κ2) is 6.12. The third kappa shape index (κ3) is 2.56. The highest BCUT2D eigenvalue weighted by atomic mass is 35.5. The van der Waals surface area contributed by atoms with Gasteiger partial charge in [0.2, 0.25) is 0 Å². The first-order valence-electron chi connectivity index (χ1n) is 7.13. The number of rotatable bonds is 0. The minimum Gasteiger partial charge on any atom is -0.297 e. The summed E-state index contributed by atoms with van der Waals surface area (Å²) in [5.41, 5.74) is 2.55. The predicted molar refractivity (Wildman–Crippen MR) is 92.5 cm³/mol. The molecule has 2 heterocycles. The molecule has 2 aromatic carbocycles. The molecular formula is C17H17ClN2S. The standard InChI is InChI=1S/C17H16N2S.ClH/c1-3-9-15-13(7-1)19(17-11-5-6-12-18-17)14-8-2-4-10-16(14)20-15;/h1-4,7-10H,5-6,11-12H2;1H. The predicted octanol–water partition coefficient (Wildman–Crippen LogP) is 5.29. The number of hydrogen-bond acceptors (Lipinski definition) is 3. The first-order chi connectivity index (χ1) is 9.93. The topological polar surface area (TPSA) is 15.6 Å². The van der Waals surface area contributed by atoms with Crippen molar-refractivity contribution < 1.29 is 0 Å². The number of aliphatic imine (C=N–C) groups is 1. The number of amidine groups is 1. The molecule has 0 aromatic heterocycles. The molecule has 0 saturated heterocycles. The van der Waals surface area contributed by atoms with E-state index in [1.807, 2.05) is 11.8 Å². The van der Waals surface area contributed by atoms with Crippen molar-refractivity contribution >= 4 is 41.4 Å². The number of hydrogen-bond donors (Lipinski definition) is 0. The van der Waals surface area contributed by atoms with Gasteiger partial charge in [-0.05, 0) is 37.1 Å². The molecule has 4 rings (SSSR count). The van der Waals surface area contributed by atoms with Crippen LogP contribution in [-0.4, -0.2) is 12.4 Å². The number of benzene rings is 2. The number of para-hydroxylation sites is 2. The lowest BCUT2D eigenvalue weighted by atomic mass is 10.1. The monoisotopic (exact) mass is 316 g/mol. The Labute approximate surface area is 135 Å². The van der Waals surface area contributed by atoms with Crippen molar-refractivity contribution in [3.05, 3.63) is 48.5 Å². The van der Waals surface area contributed by atoms with E-state index in [9.17, 15) is 0 Å². The van der Waals surface area contributed by atoms with Crippen molar-refractivity contribution in [1.82, 2.24) is 0 Å². The Kier molecular flexibility index (Phi) is 4.22. The van der Waals surface area contributed by atoms with Gasteiger partial charge in [0.1, 0.15) is 5.84 Å². The Morgan fingerprint density at radius 1 is 0.857 bits per heavy atom. The molecule has 0 N–H and O–H groups in total. The van der Waals surface area contributed by atoms with Gasteiger partial charge in [-0.25, -0.2) is 0 Å². The van der Waals surface area contributed by atoms with Gasteiger partial charge >= 0.3 is 0 Å². The molecule has 0 spiro atoms. The summed E-state index contributed by atoms with van der Waals surface area (Å²) >= 11 is 1.85. The minimum atomic E-state index is 0. The van der Waals surface area contributed by atoms with Crippen LogP contribution in [0.3, 0.4) is 0 Å². The Hall–Kier alpha value is -1.45. The quantitative estimate of drug-likeness (QED) is 0.656. The van der Waals surface area contributed by atoms with E-state index in [0.717, 1.165) is 13.0 Å². The van der Waals surface area contributed by atoms with Crippen LogP contribution in [0, 0.1) is 0 Å². The van der Waals surface area contributed by atoms with E-state index in [1.54, 1.807) is 0 Å². The van der Waals surface area contributed by atoms with Gasteiger partial charge in [0.05, 0.1) is 11.4 Å². The van der Waals surface area contributed by atoms with Crippen LogP contribution in [0.15, 0.2) is 63.3 Å². The molecule has 0 aliphatic carbocycles. The lowest BCUT2D eigenvalue weighted by Crippen LogP contribution is -2.30. The van der Waals surface area contributed by atoms with Crippen LogP contribution in [0.4, 0.5) is 11.4 Å². The SMILES string of the molecule is Cl.c1ccc2c(c1)Sc1ccccc1N2C1=NCCCC1. The van der Waals surface area contributed by atoms with Gasteiger partial charge in [0.25, 0.3) is 0 Å². The van der Waals surface area contributed by atoms with Gasteiger partial charge in [0.15, 0.2) is 0 Å². The van der Waals surface area contributed by atoms with Crippen molar-refractivity contribution in [2.75, 3.05) is 11.4 Å². The minimum absolute atomic E-state index is 0. The molecule has 0 atom stereocenters. The van der Waals surface area contributed by atoms with E-state index >= 15 is 0 Å². The first kappa shape index (κ1) is 14.5. The summed E-state index contributed by atoms with van der Waals surface area (Å²) in [6.07, 6.45) is 3.54. The summed E-state index contributed by atoms with van der Waals surface area (Å²) in [5.74, 6) is 1.22. The Balaban J connectivity index is 0.00000132. The summed E-state index contributed by atoms with van der Waals surface area (Å²) in [6.45, 7) is 0.962. The Morgan fingerprint density at radius 2 is 1.48 bits per heavy atom. The van der Waals surface area contributed by atoms with Gasteiger partial charge in [-0.1, -0.05) is 36.0 Å². The average Bonchev–Trinajstić information content (AvgIpc) is 2.53. The summed E-state index contributed by atoms with van der Waals surface area (Å²) in [5, 5.41) is 0. The highest BCUT2D eigenvalue weighted by Gasteiger charge is 2.26. The van der Waals surface area contributed by atoms with E-state index in [4.69, 9.17) is 4.99 Å². The fourth-order valence-corrected chi connectivity index (χ4v) is 3.91. The molecule has 4 heteroatoms. The van der Waals surface area contributed by atoms with Crippen molar-refractivity contribution in [3.63, 3.8) is 0 Å². The second-order valence-electron chi connectivity index (χ2n) is 5.13. The summed E-state index contributed by atoms with van der Waals surface area (Å²) < 4.78 is 0. The Bertz CT molecular complexity index is 638. The normalized spacial score (nSPS) is 16.4. The number of halogens is 1. The third-order valence-electron chi connectivity index (χ3n) is 3.79. The van der Waals surface area contributed by atoms with Gasteiger partial charge in [0, 0.05) is 22.8 Å². The van der Waals surface area contributed by atoms with Crippen molar-refractivity contribution in [2.24, 2.45) is 4.99 Å². The van der Waals surface area contributed by atoms with Crippen LogP contribution in [0.25, 0.3) is 0 Å². The number of nitrogens with zero attached hydrogens (tertiary/aromatic N) is 2. The zero-order valence-corrected chi connectivity index (χ0v) is 13.3. The van der Waals surface area contributed by atoms with E-state index in [0.29, 0.717) is 0 Å². The number of fused-ring (bicyclic) bond motifs is 2. The fraction of sp³-hybridized carbons (Fsp3) is 0.235. The van der Waals surface area contributed by atoms with E-state index < -0.39 is 0 Å². The highest BCUT2D eigenvalue weighted by molar-refractivity contribution is 7.99. The van der Waals surface area contributed by atoms with Gasteiger partial charge in [-0.2, -0.15) is 0 Å². The van der Waals surface area contributed by atoms with Gasteiger partial charge < -0.3 is 0 Å². The smallest absolute Gasteiger partial charge is 0.108 e. The molecule has 108 valence electrons. The van der Waals surface area contributed by atoms with E-state index in [1.165, 1.54) is 39.8 Å². The molecular weight excluding hydrogens is 300 g/mol. The van der Waals surface area contributed by atoms with Gasteiger partial charge in [-0.3, -0.25) is 9.89 Å². The van der Waals surface area contributed by atoms with Crippen molar-refractivity contribution in [2.45, 2.75) is 29.1 Å². The fourth-order valence-electron chi connectivity index (χ4n) is 2.85. The van der Waals surface area contributed by atoms with Crippen molar-refractivity contribution in [1.29, 1.82) is 0 Å². The highest BCUT2D eigenvalue weighted by Crippen LogP contribution is 2.48. The summed E-state index contributed by atoms with van der Waals surface area (Å²) in [4.78, 5) is 9.78. The molecule has 0 bridgehead atoms. The zero-order chi connectivity index (χ0) is 13.4. The molecule has 2 nitrogen and oxygen atoms in total. The largest absolute Gasteiger partial charge is 0.297 e. The van der Waals surface area contributed by atoms with Crippen LogP contribution < -0.4 is 4.90 Å². The molecule has 0 radical (unpaired) electrons. The third-order valence-corrected chi connectivity index (χ3v) is 4.92. The first-order valence-corrected chi connectivity index (χ1v) is 7.94. The maximum Gasteiger partial charge on any atom is 0.108 e. The molecule has 2 aliphatic heterocycles. The van der Waals surface area contributed by atoms with Crippen LogP contribution in [0.1, 0.15) is 19.3 Å². The lowest BCUT2D eigenvalue weighted by Gasteiger charge is -2.34. The molecule has 0 saturated carbocycles. The molecule has 21 heavy (non-hydrogen) atoms. The maximum absolute atomic E-state index is 4.78. The van der Waals surface area contributed by atoms with Crippen LogP contribution in [-0.2, 0) is 0 Å². The average molecular weight is 317 g/mol.